The van der Waals surface area contributed by atoms with E-state index in [0.29, 0.717) is 0 Å². The van der Waals surface area contributed by atoms with Gasteiger partial charge in [0, 0.05) is 7.05 Å². The first kappa shape index (κ1) is 15.7. The fourth-order valence-electron chi connectivity index (χ4n) is 0. The van der Waals surface area contributed by atoms with Crippen LogP contribution >= 0.6 is 0 Å². The molecule has 0 spiro atoms. The van der Waals surface area contributed by atoms with Crippen LogP contribution in [0.2, 0.25) is 0 Å². The lowest BCUT2D eigenvalue weighted by molar-refractivity contribution is 1.49. The molecule has 0 bridgehead atoms. The molecule has 0 aromatic carbocycles. The van der Waals surface area contributed by atoms with Crippen LogP contribution in [-0.4, -0.2) is 12.9 Å². The summed E-state index contributed by atoms with van der Waals surface area (Å²) in [5.41, 5.74) is 0. The third-order valence-electron chi connectivity index (χ3n) is 0.158. The van der Waals surface area contributed by atoms with Crippen molar-refractivity contribution in [3.05, 3.63) is 6.58 Å². The van der Waals surface area contributed by atoms with Gasteiger partial charge in [0.05, 0.1) is 0 Å². The van der Waals surface area contributed by atoms with Crippen LogP contribution in [0.4, 0.5) is 0 Å². The lowest BCUT2D eigenvalue weighted by Crippen LogP contribution is -1.35. The van der Waals surface area contributed by atoms with Crippen LogP contribution in [0.1, 0.15) is 27.7 Å². The van der Waals surface area contributed by atoms with Gasteiger partial charge in [-0.3, -0.25) is 0 Å². The molecule has 0 heterocycles. The SMILES string of the molecule is C=C=NC.CC.CC. The molecular weight excluding hydrogens is 98.1 g/mol. The van der Waals surface area contributed by atoms with E-state index >= 15 is 0 Å². The average Bonchev–Trinajstić information content (AvgIpc) is 1.96. The van der Waals surface area contributed by atoms with E-state index in [1.807, 2.05) is 27.7 Å². The van der Waals surface area contributed by atoms with Gasteiger partial charge in [0.15, 0.2) is 0 Å². The molecule has 0 fully saturated rings. The Bertz CT molecular complexity index is 42.3. The standard InChI is InChI=1S/C3H5N.2C2H6/c1-3-4-2;2*1-2/h1H2,2H3;2*1-2H3. The van der Waals surface area contributed by atoms with Crippen LogP contribution in [0.3, 0.4) is 0 Å². The highest BCUT2D eigenvalue weighted by Crippen LogP contribution is 1.29. The van der Waals surface area contributed by atoms with Crippen LogP contribution < -0.4 is 0 Å². The van der Waals surface area contributed by atoms with Gasteiger partial charge in [-0.1, -0.05) is 27.7 Å². The molecule has 8 heavy (non-hydrogen) atoms. The summed E-state index contributed by atoms with van der Waals surface area (Å²) in [5.74, 6) is 2.31. The number of nitrogens with zero attached hydrogens (tertiary/aromatic N) is 1. The van der Waals surface area contributed by atoms with Gasteiger partial charge in [-0.05, 0) is 12.4 Å². The molecule has 0 aromatic heterocycles. The van der Waals surface area contributed by atoms with Crippen molar-refractivity contribution >= 4 is 5.87 Å². The van der Waals surface area contributed by atoms with E-state index < -0.39 is 0 Å². The van der Waals surface area contributed by atoms with Gasteiger partial charge in [-0.15, -0.1) is 0 Å². The molecule has 0 amide bonds. The first-order valence-corrected chi connectivity index (χ1v) is 3.02. The molecule has 50 valence electrons. The highest BCUT2D eigenvalue weighted by Gasteiger charge is 1.21. The first-order valence-electron chi connectivity index (χ1n) is 3.02. The predicted octanol–water partition coefficient (Wildman–Crippen LogP) is 2.52. The quantitative estimate of drug-likeness (QED) is 0.430. The Labute approximate surface area is 53.1 Å². The van der Waals surface area contributed by atoms with Gasteiger partial charge >= 0.3 is 0 Å². The minimum Gasteiger partial charge on any atom is -0.247 e. The summed E-state index contributed by atoms with van der Waals surface area (Å²) >= 11 is 0. The third-order valence-corrected chi connectivity index (χ3v) is 0.158. The second-order valence-corrected chi connectivity index (χ2v) is 0.382. The average molecular weight is 115 g/mol. The van der Waals surface area contributed by atoms with Crippen molar-refractivity contribution in [2.24, 2.45) is 4.99 Å². The number of hydrogen-bond acceptors (Lipinski definition) is 1. The van der Waals surface area contributed by atoms with E-state index in [1.165, 1.54) is 0 Å². The summed E-state index contributed by atoms with van der Waals surface area (Å²) in [4.78, 5) is 3.38. The summed E-state index contributed by atoms with van der Waals surface area (Å²) in [6.07, 6.45) is 0. The minimum absolute atomic E-state index is 1.63. The Morgan fingerprint density at radius 1 is 1.12 bits per heavy atom. The van der Waals surface area contributed by atoms with Crippen molar-refractivity contribution in [2.45, 2.75) is 27.7 Å². The van der Waals surface area contributed by atoms with Crippen molar-refractivity contribution in [1.82, 2.24) is 0 Å². The zero-order valence-corrected chi connectivity index (χ0v) is 6.65. The van der Waals surface area contributed by atoms with Gasteiger partial charge in [0.2, 0.25) is 0 Å². The fourth-order valence-corrected chi connectivity index (χ4v) is 0. The van der Waals surface area contributed by atoms with E-state index in [2.05, 4.69) is 17.4 Å². The third kappa shape index (κ3) is 533. The first-order chi connectivity index (χ1) is 3.91. The largest absolute Gasteiger partial charge is 0.247 e. The highest BCUT2D eigenvalue weighted by atomic mass is 14.6. The molecule has 0 aliphatic rings. The van der Waals surface area contributed by atoms with E-state index in [1.54, 1.807) is 7.05 Å². The fraction of sp³-hybridized carbons (Fsp3) is 0.714. The van der Waals surface area contributed by atoms with E-state index in [-0.39, 0.29) is 0 Å². The second-order valence-electron chi connectivity index (χ2n) is 0.382. The Kier molecular flexibility index (Phi) is 178. The normalized spacial score (nSPS) is 3.62. The van der Waals surface area contributed by atoms with Crippen LogP contribution in [0, 0.1) is 0 Å². The van der Waals surface area contributed by atoms with Crippen molar-refractivity contribution in [1.29, 1.82) is 0 Å². The molecule has 0 aromatic rings. The van der Waals surface area contributed by atoms with Crippen molar-refractivity contribution in [3.8, 4) is 0 Å². The van der Waals surface area contributed by atoms with Gasteiger partial charge < -0.3 is 0 Å². The number of rotatable bonds is 0. The zero-order valence-electron chi connectivity index (χ0n) is 6.65. The maximum atomic E-state index is 3.38. The lowest BCUT2D eigenvalue weighted by atomic mass is 11.0. The number of hydrogen-bond donors (Lipinski definition) is 0. The molecule has 0 rings (SSSR count). The number of aliphatic imine (C=N–C) groups is 1. The van der Waals surface area contributed by atoms with Crippen LogP contribution in [0.15, 0.2) is 11.6 Å². The summed E-state index contributed by atoms with van der Waals surface area (Å²) in [6, 6.07) is 0. The molecule has 1 heteroatoms. The Morgan fingerprint density at radius 3 is 1.25 bits per heavy atom. The van der Waals surface area contributed by atoms with Crippen molar-refractivity contribution in [2.75, 3.05) is 7.05 Å². The van der Waals surface area contributed by atoms with Gasteiger partial charge in [-0.25, -0.2) is 4.99 Å². The van der Waals surface area contributed by atoms with E-state index in [4.69, 9.17) is 0 Å². The Hall–Kier alpha value is -0.550. The molecule has 0 saturated carbocycles. The lowest BCUT2D eigenvalue weighted by Gasteiger charge is -1.42. The molecular formula is C7H17N. The Morgan fingerprint density at radius 2 is 1.25 bits per heavy atom. The maximum absolute atomic E-state index is 3.38. The highest BCUT2D eigenvalue weighted by molar-refractivity contribution is 5.45. The Balaban J connectivity index is -0.0000000542. The topological polar surface area (TPSA) is 12.4 Å². The molecule has 0 saturated heterocycles. The maximum Gasteiger partial charge on any atom is 0.0371 e. The smallest absolute Gasteiger partial charge is 0.0371 e. The summed E-state index contributed by atoms with van der Waals surface area (Å²) in [7, 11) is 1.63. The van der Waals surface area contributed by atoms with Gasteiger partial charge in [0.1, 0.15) is 0 Å². The minimum atomic E-state index is 1.63. The molecule has 0 aliphatic heterocycles. The summed E-state index contributed by atoms with van der Waals surface area (Å²) in [6.45, 7) is 11.2. The van der Waals surface area contributed by atoms with Crippen LogP contribution in [0.25, 0.3) is 0 Å². The van der Waals surface area contributed by atoms with Gasteiger partial charge in [0.25, 0.3) is 0 Å². The predicted molar refractivity (Wildman–Crippen MR) is 41.7 cm³/mol. The summed E-state index contributed by atoms with van der Waals surface area (Å²) < 4.78 is 0. The van der Waals surface area contributed by atoms with Crippen molar-refractivity contribution < 1.29 is 0 Å². The van der Waals surface area contributed by atoms with E-state index in [9.17, 15) is 0 Å². The van der Waals surface area contributed by atoms with Crippen LogP contribution in [0.5, 0.6) is 0 Å². The van der Waals surface area contributed by atoms with Crippen molar-refractivity contribution in [3.63, 3.8) is 0 Å². The molecule has 0 atom stereocenters. The molecule has 0 unspecified atom stereocenters. The van der Waals surface area contributed by atoms with Gasteiger partial charge in [-0.2, -0.15) is 0 Å². The molecule has 1 nitrogen and oxygen atoms in total. The zero-order chi connectivity index (χ0) is 7.41. The molecule has 0 N–H and O–H groups in total. The molecule has 0 radical (unpaired) electrons. The van der Waals surface area contributed by atoms with E-state index in [0.717, 1.165) is 0 Å². The van der Waals surface area contributed by atoms with Crippen LogP contribution in [-0.2, 0) is 0 Å². The second kappa shape index (κ2) is 91.1. The monoisotopic (exact) mass is 115 g/mol. The summed E-state index contributed by atoms with van der Waals surface area (Å²) in [5, 5.41) is 0. The molecule has 0 aliphatic carbocycles.